The number of hydrogen-bond donors (Lipinski definition) is 1. The van der Waals surface area contributed by atoms with Crippen molar-refractivity contribution < 1.29 is 19.4 Å². The van der Waals surface area contributed by atoms with E-state index in [1.54, 1.807) is 31.2 Å². The van der Waals surface area contributed by atoms with Gasteiger partial charge in [-0.1, -0.05) is 30.7 Å². The Morgan fingerprint density at radius 1 is 1.38 bits per heavy atom. The Bertz CT molecular complexity index is 488. The molecule has 1 N–H and O–H groups in total. The lowest BCUT2D eigenvalue weighted by Gasteiger charge is -2.40. The zero-order valence-electron chi connectivity index (χ0n) is 12.3. The first kappa shape index (κ1) is 16.3. The Labute approximate surface area is 130 Å². The molecule has 1 saturated heterocycles. The summed E-state index contributed by atoms with van der Waals surface area (Å²) >= 11 is 5.89. The monoisotopic (exact) mass is 312 g/mol. The summed E-state index contributed by atoms with van der Waals surface area (Å²) in [6.45, 7) is 4.03. The van der Waals surface area contributed by atoms with E-state index in [2.05, 4.69) is 0 Å². The van der Waals surface area contributed by atoms with Gasteiger partial charge in [0, 0.05) is 17.9 Å². The molecule has 4 nitrogen and oxygen atoms in total. The zero-order valence-corrected chi connectivity index (χ0v) is 13.1. The second kappa shape index (κ2) is 6.77. The van der Waals surface area contributed by atoms with Crippen molar-refractivity contribution >= 4 is 17.6 Å². The molecule has 1 heterocycles. The lowest BCUT2D eigenvalue weighted by molar-refractivity contribution is -0.186. The fourth-order valence-electron chi connectivity index (χ4n) is 2.71. The number of halogens is 1. The second-order valence-corrected chi connectivity index (χ2v) is 5.79. The third-order valence-corrected chi connectivity index (χ3v) is 4.08. The summed E-state index contributed by atoms with van der Waals surface area (Å²) < 4.78 is 10.8. The molecule has 3 atom stereocenters. The molecule has 0 unspecified atom stereocenters. The molecule has 116 valence electrons. The highest BCUT2D eigenvalue weighted by Crippen LogP contribution is 2.39. The molecule has 1 aromatic rings. The van der Waals surface area contributed by atoms with Crippen LogP contribution in [0.25, 0.3) is 0 Å². The minimum atomic E-state index is -1.10. The summed E-state index contributed by atoms with van der Waals surface area (Å²) in [5.74, 6) is -0.414. The smallest absolute Gasteiger partial charge is 0.335 e. The van der Waals surface area contributed by atoms with Gasteiger partial charge in [-0.15, -0.1) is 0 Å². The fourth-order valence-corrected chi connectivity index (χ4v) is 2.83. The molecule has 21 heavy (non-hydrogen) atoms. The van der Waals surface area contributed by atoms with Crippen molar-refractivity contribution in [3.05, 3.63) is 34.9 Å². The average Bonchev–Trinajstić information content (AvgIpc) is 2.47. The number of esters is 1. The maximum absolute atomic E-state index is 12.0. The van der Waals surface area contributed by atoms with Gasteiger partial charge in [0.05, 0.1) is 18.3 Å². The van der Waals surface area contributed by atoms with Gasteiger partial charge < -0.3 is 14.6 Å². The van der Waals surface area contributed by atoms with E-state index in [1.165, 1.54) is 0 Å². The van der Waals surface area contributed by atoms with Crippen molar-refractivity contribution in [3.8, 4) is 0 Å². The van der Waals surface area contributed by atoms with Crippen molar-refractivity contribution in [1.29, 1.82) is 0 Å². The van der Waals surface area contributed by atoms with E-state index >= 15 is 0 Å². The molecule has 1 aliphatic rings. The topological polar surface area (TPSA) is 55.8 Å². The van der Waals surface area contributed by atoms with E-state index in [1.807, 2.05) is 6.92 Å². The van der Waals surface area contributed by atoms with Crippen molar-refractivity contribution in [3.63, 3.8) is 0 Å². The number of hydrogen-bond acceptors (Lipinski definition) is 4. The van der Waals surface area contributed by atoms with E-state index in [9.17, 15) is 9.90 Å². The van der Waals surface area contributed by atoms with Gasteiger partial charge in [0.1, 0.15) is 0 Å². The van der Waals surface area contributed by atoms with Crippen LogP contribution in [-0.2, 0) is 19.9 Å². The number of ether oxygens (including phenoxy) is 2. The van der Waals surface area contributed by atoms with E-state index < -0.39 is 17.7 Å². The van der Waals surface area contributed by atoms with Crippen LogP contribution >= 0.6 is 11.6 Å². The highest BCUT2D eigenvalue weighted by atomic mass is 35.5. The van der Waals surface area contributed by atoms with Gasteiger partial charge >= 0.3 is 5.97 Å². The molecule has 0 bridgehead atoms. The molecule has 5 heteroatoms. The minimum Gasteiger partial charge on any atom is -0.464 e. The Morgan fingerprint density at radius 2 is 2.05 bits per heavy atom. The standard InChI is InChI=1S/C16H21ClO4/c1-3-13-9-16(19,11-5-7-12(17)8-6-11)10-14(21-13)15(18)20-4-2/h5-8,13-14,19H,3-4,9-10H2,1-2H3/t13-,14-,16-/m0/s1. The van der Waals surface area contributed by atoms with Gasteiger partial charge in [0.15, 0.2) is 6.10 Å². The molecule has 0 aliphatic carbocycles. The van der Waals surface area contributed by atoms with Crippen LogP contribution in [-0.4, -0.2) is 29.9 Å². The summed E-state index contributed by atoms with van der Waals surface area (Å²) in [7, 11) is 0. The van der Waals surface area contributed by atoms with Gasteiger partial charge in [0.2, 0.25) is 0 Å². The highest BCUT2D eigenvalue weighted by molar-refractivity contribution is 6.30. The highest BCUT2D eigenvalue weighted by Gasteiger charge is 2.43. The second-order valence-electron chi connectivity index (χ2n) is 5.35. The minimum absolute atomic E-state index is 0.172. The Balaban J connectivity index is 2.24. The van der Waals surface area contributed by atoms with Crippen molar-refractivity contribution in [2.24, 2.45) is 0 Å². The molecular weight excluding hydrogens is 292 g/mol. The number of aliphatic hydroxyl groups is 1. The quantitative estimate of drug-likeness (QED) is 0.868. The maximum Gasteiger partial charge on any atom is 0.335 e. The van der Waals surface area contributed by atoms with Crippen LogP contribution in [0.3, 0.4) is 0 Å². The molecular formula is C16H21ClO4. The summed E-state index contributed by atoms with van der Waals surface area (Å²) in [5, 5.41) is 11.6. The largest absolute Gasteiger partial charge is 0.464 e. The van der Waals surface area contributed by atoms with Gasteiger partial charge in [0.25, 0.3) is 0 Å². The summed E-state index contributed by atoms with van der Waals surface area (Å²) in [6, 6.07) is 7.07. The number of benzene rings is 1. The van der Waals surface area contributed by atoms with Gasteiger partial charge in [-0.25, -0.2) is 4.79 Å². The van der Waals surface area contributed by atoms with Crippen LogP contribution in [0.5, 0.6) is 0 Å². The van der Waals surface area contributed by atoms with Crippen molar-refractivity contribution in [1.82, 2.24) is 0 Å². The Hall–Kier alpha value is -1.10. The van der Waals surface area contributed by atoms with Crippen molar-refractivity contribution in [2.75, 3.05) is 6.61 Å². The van der Waals surface area contributed by atoms with E-state index in [4.69, 9.17) is 21.1 Å². The van der Waals surface area contributed by atoms with E-state index in [0.717, 1.165) is 12.0 Å². The molecule has 0 amide bonds. The predicted molar refractivity (Wildman–Crippen MR) is 80.2 cm³/mol. The van der Waals surface area contributed by atoms with E-state index in [0.29, 0.717) is 18.1 Å². The van der Waals surface area contributed by atoms with Crippen molar-refractivity contribution in [2.45, 2.75) is 50.9 Å². The number of carbonyl (C=O) groups is 1. The molecule has 0 radical (unpaired) electrons. The first-order chi connectivity index (χ1) is 9.98. The maximum atomic E-state index is 12.0. The Morgan fingerprint density at radius 3 is 2.62 bits per heavy atom. The molecule has 0 spiro atoms. The molecule has 1 fully saturated rings. The van der Waals surface area contributed by atoms with Gasteiger partial charge in [-0.2, -0.15) is 0 Å². The van der Waals surface area contributed by atoms with Crippen LogP contribution in [0.2, 0.25) is 5.02 Å². The molecule has 1 aromatic carbocycles. The van der Waals surface area contributed by atoms with Crippen LogP contribution in [0.1, 0.15) is 38.7 Å². The predicted octanol–water partition coefficient (Wildman–Crippen LogP) is 3.05. The zero-order chi connectivity index (χ0) is 15.5. The molecule has 1 aliphatic heterocycles. The fraction of sp³-hybridized carbons (Fsp3) is 0.562. The summed E-state index contributed by atoms with van der Waals surface area (Å²) in [4.78, 5) is 12.0. The van der Waals surface area contributed by atoms with Crippen LogP contribution < -0.4 is 0 Å². The first-order valence-electron chi connectivity index (χ1n) is 7.29. The van der Waals surface area contributed by atoms with Crippen LogP contribution in [0, 0.1) is 0 Å². The van der Waals surface area contributed by atoms with E-state index in [-0.39, 0.29) is 12.5 Å². The number of carbonyl (C=O) groups excluding carboxylic acids is 1. The number of rotatable bonds is 4. The SMILES string of the molecule is CCOC(=O)[C@@H]1C[C@](O)(c2ccc(Cl)cc2)C[C@H](CC)O1. The summed E-state index contributed by atoms with van der Waals surface area (Å²) in [6.07, 6.45) is 0.481. The average molecular weight is 313 g/mol. The van der Waals surface area contributed by atoms with Gasteiger partial charge in [-0.05, 0) is 31.0 Å². The van der Waals surface area contributed by atoms with Gasteiger partial charge in [-0.3, -0.25) is 0 Å². The summed E-state index contributed by atoms with van der Waals surface area (Å²) in [5.41, 5.74) is -0.344. The lowest BCUT2D eigenvalue weighted by Crippen LogP contribution is -2.46. The molecule has 0 saturated carbocycles. The Kier molecular flexibility index (Phi) is 5.25. The van der Waals surface area contributed by atoms with Crippen LogP contribution in [0.4, 0.5) is 0 Å². The molecule has 2 rings (SSSR count). The lowest BCUT2D eigenvalue weighted by atomic mass is 9.80. The normalized spacial score (nSPS) is 29.1. The van der Waals surface area contributed by atoms with Crippen LogP contribution in [0.15, 0.2) is 24.3 Å². The molecule has 0 aromatic heterocycles. The third-order valence-electron chi connectivity index (χ3n) is 3.83. The third kappa shape index (κ3) is 3.76. The first-order valence-corrected chi connectivity index (χ1v) is 7.66.